The number of alkyl halides is 2. The Kier molecular flexibility index (Phi) is 8.47. The summed E-state index contributed by atoms with van der Waals surface area (Å²) in [5.41, 5.74) is 7.98. The molecule has 3 aromatic carbocycles. The van der Waals surface area contributed by atoms with Crippen LogP contribution in [0.1, 0.15) is 117 Å². The number of hydrogen-bond donors (Lipinski definition) is 0. The van der Waals surface area contributed by atoms with Crippen molar-refractivity contribution in [2.45, 2.75) is 130 Å². The predicted octanol–water partition coefficient (Wildman–Crippen LogP) is 12.8. The van der Waals surface area contributed by atoms with Crippen molar-refractivity contribution in [1.29, 1.82) is 0 Å². The van der Waals surface area contributed by atoms with E-state index in [1.54, 1.807) is 6.07 Å². The van der Waals surface area contributed by atoms with Crippen LogP contribution in [0, 0.1) is 0 Å². The zero-order valence-electron chi connectivity index (χ0n) is 33.5. The molecular formula is C46H56F2N2Si. The maximum atomic E-state index is 17.2. The van der Waals surface area contributed by atoms with Gasteiger partial charge >= 0.3 is 0 Å². The number of halogens is 2. The summed E-state index contributed by atoms with van der Waals surface area (Å²) in [6.07, 6.45) is 0. The maximum Gasteiger partial charge on any atom is 0.300 e. The minimum atomic E-state index is -3.18. The molecule has 0 radical (unpaired) electrons. The molecule has 0 bridgehead atoms. The molecule has 6 rings (SSSR count). The average Bonchev–Trinajstić information content (AvgIpc) is 3.00. The Balaban J connectivity index is 1.77. The van der Waals surface area contributed by atoms with Crippen molar-refractivity contribution in [3.05, 3.63) is 100 Å². The molecule has 2 nitrogen and oxygen atoms in total. The van der Waals surface area contributed by atoms with Gasteiger partial charge in [-0.05, 0) is 80.8 Å². The molecule has 2 aromatic heterocycles. The Bertz CT molecular complexity index is 2190. The highest BCUT2D eigenvalue weighted by atomic mass is 28.3. The molecule has 0 saturated heterocycles. The van der Waals surface area contributed by atoms with Gasteiger partial charge in [-0.25, -0.2) is 4.98 Å². The van der Waals surface area contributed by atoms with Crippen LogP contribution >= 0.6 is 0 Å². The second-order valence-electron chi connectivity index (χ2n) is 19.9. The summed E-state index contributed by atoms with van der Waals surface area (Å²) in [4.78, 5) is 10.6. The first-order valence-electron chi connectivity index (χ1n) is 18.4. The van der Waals surface area contributed by atoms with E-state index < -0.39 is 19.4 Å². The first kappa shape index (κ1) is 37.1. The molecule has 0 aliphatic heterocycles. The molecule has 268 valence electrons. The number of hydrogen-bond acceptors (Lipinski definition) is 2. The normalized spacial score (nSPS) is 14.9. The molecule has 0 amide bonds. The van der Waals surface area contributed by atoms with Crippen LogP contribution < -0.4 is 5.19 Å². The zero-order chi connectivity index (χ0) is 37.9. The number of aromatic nitrogens is 2. The minimum Gasteiger partial charge on any atom is -0.252 e. The van der Waals surface area contributed by atoms with Crippen molar-refractivity contribution in [3.8, 4) is 33.8 Å². The average molecular weight is 703 g/mol. The van der Waals surface area contributed by atoms with Crippen molar-refractivity contribution >= 4 is 24.0 Å². The monoisotopic (exact) mass is 702 g/mol. The van der Waals surface area contributed by atoms with E-state index >= 15 is 8.78 Å². The largest absolute Gasteiger partial charge is 0.300 e. The van der Waals surface area contributed by atoms with Crippen molar-refractivity contribution in [1.82, 2.24) is 9.97 Å². The fraction of sp³-hybridized carbons (Fsp3) is 0.435. The second-order valence-corrected chi connectivity index (χ2v) is 25.0. The topological polar surface area (TPSA) is 25.8 Å². The molecule has 1 aliphatic rings. The summed E-state index contributed by atoms with van der Waals surface area (Å²) in [5, 5.41) is 2.65. The lowest BCUT2D eigenvalue weighted by Crippen LogP contribution is -2.39. The van der Waals surface area contributed by atoms with Crippen molar-refractivity contribution in [2.24, 2.45) is 0 Å². The van der Waals surface area contributed by atoms with Crippen LogP contribution in [-0.2, 0) is 27.6 Å². The summed E-state index contributed by atoms with van der Waals surface area (Å²) in [7, 11) is -1.99. The molecule has 51 heavy (non-hydrogen) atoms. The lowest BCUT2D eigenvalue weighted by atomic mass is 9.71. The van der Waals surface area contributed by atoms with Gasteiger partial charge in [0.05, 0.1) is 25.2 Å². The van der Waals surface area contributed by atoms with Crippen LogP contribution in [0.3, 0.4) is 0 Å². The number of fused-ring (bicyclic) bond motifs is 2. The number of pyridine rings is 2. The molecule has 0 fully saturated rings. The van der Waals surface area contributed by atoms with Gasteiger partial charge in [0.1, 0.15) is 0 Å². The van der Waals surface area contributed by atoms with Gasteiger partial charge in [0.2, 0.25) is 0 Å². The summed E-state index contributed by atoms with van der Waals surface area (Å²) >= 11 is 0. The number of rotatable bonds is 3. The van der Waals surface area contributed by atoms with Gasteiger partial charge in [0.15, 0.2) is 0 Å². The van der Waals surface area contributed by atoms with E-state index in [-0.39, 0.29) is 27.4 Å². The molecule has 0 N–H and O–H groups in total. The van der Waals surface area contributed by atoms with Gasteiger partial charge in [0.25, 0.3) is 5.92 Å². The van der Waals surface area contributed by atoms with Crippen LogP contribution in [0.15, 0.2) is 66.7 Å². The van der Waals surface area contributed by atoms with Crippen molar-refractivity contribution in [3.63, 3.8) is 0 Å². The van der Waals surface area contributed by atoms with Gasteiger partial charge in [-0.2, -0.15) is 8.78 Å². The van der Waals surface area contributed by atoms with Crippen molar-refractivity contribution < 1.29 is 8.78 Å². The van der Waals surface area contributed by atoms with Crippen molar-refractivity contribution in [2.75, 3.05) is 0 Å². The first-order valence-corrected chi connectivity index (χ1v) is 21.9. The predicted molar refractivity (Wildman–Crippen MR) is 217 cm³/mol. The number of nitrogens with zero attached hydrogens (tertiary/aromatic N) is 2. The molecule has 0 spiro atoms. The summed E-state index contributed by atoms with van der Waals surface area (Å²) in [6.45, 7) is 32.7. The third-order valence-electron chi connectivity index (χ3n) is 10.4. The fourth-order valence-electron chi connectivity index (χ4n) is 7.32. The molecule has 2 heterocycles. The fourth-order valence-corrected chi connectivity index (χ4v) is 8.91. The van der Waals surface area contributed by atoms with Gasteiger partial charge in [-0.15, -0.1) is 0 Å². The molecule has 0 saturated carbocycles. The second kappa shape index (κ2) is 11.7. The molecule has 5 heteroatoms. The van der Waals surface area contributed by atoms with Gasteiger partial charge in [-0.1, -0.05) is 132 Å². The van der Waals surface area contributed by atoms with Crippen LogP contribution in [-0.4, -0.2) is 18.0 Å². The van der Waals surface area contributed by atoms with Crippen LogP contribution in [0.5, 0.6) is 0 Å². The van der Waals surface area contributed by atoms with Gasteiger partial charge < -0.3 is 0 Å². The van der Waals surface area contributed by atoms with E-state index in [2.05, 4.69) is 124 Å². The Morgan fingerprint density at radius 1 is 0.588 bits per heavy atom. The number of benzene rings is 3. The highest BCUT2D eigenvalue weighted by molar-refractivity contribution is 6.90. The Morgan fingerprint density at radius 2 is 1.18 bits per heavy atom. The highest BCUT2D eigenvalue weighted by Crippen LogP contribution is 2.54. The van der Waals surface area contributed by atoms with E-state index in [1.165, 1.54) is 10.8 Å². The standard InChI is InChI=1S/C46H56F2N2Si/c1-42(2,3)29-22-27(35-17-16-18-38(49-35)45(10,11)12)21-28(23-29)36-26-31-37(51(13,14)15)20-19-33-39(31)41(50-36)32-24-30(43(4,5)6)25-34(44(7,8)9)40(32)46(33,47)48/h16-26H,1-15H3. The molecular weight excluding hydrogens is 647 g/mol. The lowest BCUT2D eigenvalue weighted by Gasteiger charge is -2.36. The summed E-state index contributed by atoms with van der Waals surface area (Å²) in [6, 6.07) is 22.7. The van der Waals surface area contributed by atoms with Gasteiger partial charge in [0, 0.05) is 44.3 Å². The van der Waals surface area contributed by atoms with E-state index in [4.69, 9.17) is 9.97 Å². The third kappa shape index (κ3) is 6.60. The molecule has 5 aromatic rings. The Hall–Kier alpha value is -3.70. The van der Waals surface area contributed by atoms with E-state index in [0.29, 0.717) is 22.2 Å². The summed E-state index contributed by atoms with van der Waals surface area (Å²) < 4.78 is 34.5. The van der Waals surface area contributed by atoms with E-state index in [1.807, 2.05) is 39.0 Å². The third-order valence-corrected chi connectivity index (χ3v) is 12.5. The Morgan fingerprint density at radius 3 is 1.73 bits per heavy atom. The smallest absolute Gasteiger partial charge is 0.252 e. The Labute approximate surface area is 306 Å². The van der Waals surface area contributed by atoms with Gasteiger partial charge in [-0.3, -0.25) is 4.98 Å². The van der Waals surface area contributed by atoms with Crippen LogP contribution in [0.4, 0.5) is 8.78 Å². The van der Waals surface area contributed by atoms with E-state index in [9.17, 15) is 0 Å². The quantitative estimate of drug-likeness (QED) is 0.175. The maximum absolute atomic E-state index is 17.2. The molecule has 0 unspecified atom stereocenters. The SMILES string of the molecule is CC(C)(C)c1cc(-c2cccc(C(C)(C)C)n2)cc(-c2cc3c([Si](C)(C)C)ccc4c3c(n2)-c2cc(C(C)(C)C)cc(C(C)(C)C)c2C4(F)F)c1. The highest BCUT2D eigenvalue weighted by Gasteiger charge is 2.47. The lowest BCUT2D eigenvalue weighted by molar-refractivity contribution is 0.0423. The minimum absolute atomic E-state index is 0.0578. The van der Waals surface area contributed by atoms with Crippen LogP contribution in [0.2, 0.25) is 19.6 Å². The zero-order valence-corrected chi connectivity index (χ0v) is 34.5. The summed E-state index contributed by atoms with van der Waals surface area (Å²) in [5.74, 6) is -3.18. The first-order chi connectivity index (χ1) is 23.2. The van der Waals surface area contributed by atoms with Crippen LogP contribution in [0.25, 0.3) is 44.5 Å². The van der Waals surface area contributed by atoms with E-state index in [0.717, 1.165) is 39.2 Å². The molecule has 0 atom stereocenters. The molecule has 1 aliphatic carbocycles.